The van der Waals surface area contributed by atoms with Gasteiger partial charge in [-0.15, -0.1) is 0 Å². The number of Topliss-reactive ketones (excluding diaryl/α,β-unsaturated/α-hetero) is 1. The van der Waals surface area contributed by atoms with Crippen LogP contribution in [0.4, 0.5) is 5.69 Å². The van der Waals surface area contributed by atoms with Crippen LogP contribution < -0.4 is 15.5 Å². The Kier molecular flexibility index (Phi) is 6.63. The van der Waals surface area contributed by atoms with E-state index >= 15 is 0 Å². The van der Waals surface area contributed by atoms with Crippen molar-refractivity contribution in [1.82, 2.24) is 5.32 Å². The molecule has 2 aromatic rings. The van der Waals surface area contributed by atoms with Gasteiger partial charge in [0.2, 0.25) is 0 Å². The van der Waals surface area contributed by atoms with Gasteiger partial charge in [0.15, 0.2) is 12.3 Å². The third kappa shape index (κ3) is 5.26. The van der Waals surface area contributed by atoms with E-state index in [-0.39, 0.29) is 24.1 Å². The van der Waals surface area contributed by atoms with Gasteiger partial charge in [-0.25, -0.2) is 0 Å². The standard InChI is InChI=1S/C20H23N3O3/c1-14(24)17-6-4-5-7-18(17)22-19(25)13-23(3)12-15-8-10-16(11-9-15)20(26)21-2/h4-11H,12-13H2,1-3H3,(H,21,26)(H,22,25)/p+1. The summed E-state index contributed by atoms with van der Waals surface area (Å²) in [6.45, 7) is 2.39. The van der Waals surface area contributed by atoms with E-state index in [9.17, 15) is 14.4 Å². The lowest BCUT2D eigenvalue weighted by atomic mass is 10.1. The van der Waals surface area contributed by atoms with Crippen molar-refractivity contribution in [2.45, 2.75) is 13.5 Å². The van der Waals surface area contributed by atoms with Gasteiger partial charge in [-0.1, -0.05) is 24.3 Å². The second kappa shape index (κ2) is 8.92. The largest absolute Gasteiger partial charge is 0.355 e. The zero-order valence-corrected chi connectivity index (χ0v) is 15.3. The molecule has 2 aromatic carbocycles. The number of benzene rings is 2. The third-order valence-electron chi connectivity index (χ3n) is 3.99. The van der Waals surface area contributed by atoms with E-state index in [0.717, 1.165) is 10.5 Å². The Balaban J connectivity index is 1.93. The molecule has 0 saturated heterocycles. The van der Waals surface area contributed by atoms with Crippen molar-refractivity contribution in [3.8, 4) is 0 Å². The van der Waals surface area contributed by atoms with Crippen LogP contribution in [-0.2, 0) is 11.3 Å². The summed E-state index contributed by atoms with van der Waals surface area (Å²) in [5.74, 6) is -0.364. The molecule has 0 bridgehead atoms. The zero-order valence-electron chi connectivity index (χ0n) is 15.3. The first kappa shape index (κ1) is 19.3. The first-order chi connectivity index (χ1) is 12.4. The highest BCUT2D eigenvalue weighted by Gasteiger charge is 2.14. The molecule has 0 radical (unpaired) electrons. The predicted molar refractivity (Wildman–Crippen MR) is 100 cm³/mol. The Bertz CT molecular complexity index is 800. The molecule has 0 fully saturated rings. The zero-order chi connectivity index (χ0) is 19.1. The van der Waals surface area contributed by atoms with Crippen molar-refractivity contribution in [2.24, 2.45) is 0 Å². The number of carbonyl (C=O) groups excluding carboxylic acids is 3. The minimum absolute atomic E-state index is 0.0854. The van der Waals surface area contributed by atoms with Gasteiger partial charge in [-0.05, 0) is 31.2 Å². The van der Waals surface area contributed by atoms with Crippen LogP contribution in [0.1, 0.15) is 33.2 Å². The number of anilines is 1. The maximum absolute atomic E-state index is 12.3. The Morgan fingerprint density at radius 1 is 1.00 bits per heavy atom. The predicted octanol–water partition coefficient (Wildman–Crippen LogP) is 0.902. The number of ketones is 1. The SMILES string of the molecule is CNC(=O)c1ccc(C[NH+](C)CC(=O)Nc2ccccc2C(C)=O)cc1. The quantitative estimate of drug-likeness (QED) is 0.647. The van der Waals surface area contributed by atoms with Gasteiger partial charge in [0, 0.05) is 23.7 Å². The summed E-state index contributed by atoms with van der Waals surface area (Å²) in [5.41, 5.74) is 2.68. The molecule has 0 aliphatic carbocycles. The fourth-order valence-electron chi connectivity index (χ4n) is 2.70. The Morgan fingerprint density at radius 3 is 2.27 bits per heavy atom. The average Bonchev–Trinajstić information content (AvgIpc) is 2.61. The molecular formula is C20H24N3O3+. The molecular weight excluding hydrogens is 330 g/mol. The van der Waals surface area contributed by atoms with Gasteiger partial charge in [0.05, 0.1) is 12.7 Å². The van der Waals surface area contributed by atoms with E-state index < -0.39 is 0 Å². The number of likely N-dealkylation sites (N-methyl/N-ethyl adjacent to an activating group) is 1. The van der Waals surface area contributed by atoms with E-state index in [0.29, 0.717) is 23.4 Å². The van der Waals surface area contributed by atoms with Gasteiger partial charge in [0.1, 0.15) is 6.54 Å². The number of carbonyl (C=O) groups is 3. The maximum Gasteiger partial charge on any atom is 0.279 e. The van der Waals surface area contributed by atoms with Crippen LogP contribution in [0.5, 0.6) is 0 Å². The van der Waals surface area contributed by atoms with Gasteiger partial charge in [-0.2, -0.15) is 0 Å². The molecule has 0 aliphatic rings. The highest BCUT2D eigenvalue weighted by molar-refractivity contribution is 6.03. The molecule has 3 N–H and O–H groups in total. The van der Waals surface area contributed by atoms with Crippen molar-refractivity contribution >= 4 is 23.3 Å². The summed E-state index contributed by atoms with van der Waals surface area (Å²) in [5, 5.41) is 5.39. The molecule has 6 nitrogen and oxygen atoms in total. The van der Waals surface area contributed by atoms with Gasteiger partial charge >= 0.3 is 0 Å². The number of hydrogen-bond donors (Lipinski definition) is 3. The van der Waals surface area contributed by atoms with Gasteiger partial charge < -0.3 is 15.5 Å². The van der Waals surface area contributed by atoms with Crippen LogP contribution in [0.2, 0.25) is 0 Å². The van der Waals surface area contributed by atoms with Crippen LogP contribution in [0.15, 0.2) is 48.5 Å². The second-order valence-corrected chi connectivity index (χ2v) is 6.24. The third-order valence-corrected chi connectivity index (χ3v) is 3.99. The van der Waals surface area contributed by atoms with Crippen molar-refractivity contribution in [3.05, 3.63) is 65.2 Å². The van der Waals surface area contributed by atoms with Crippen LogP contribution >= 0.6 is 0 Å². The Morgan fingerprint density at radius 2 is 1.65 bits per heavy atom. The summed E-state index contributed by atoms with van der Waals surface area (Å²) in [7, 11) is 3.51. The molecule has 0 saturated carbocycles. The molecule has 6 heteroatoms. The van der Waals surface area contributed by atoms with Crippen LogP contribution in [0.25, 0.3) is 0 Å². The van der Waals surface area contributed by atoms with E-state index in [2.05, 4.69) is 10.6 Å². The van der Waals surface area contributed by atoms with Gasteiger partial charge in [-0.3, -0.25) is 14.4 Å². The van der Waals surface area contributed by atoms with Crippen molar-refractivity contribution in [3.63, 3.8) is 0 Å². The van der Waals surface area contributed by atoms with E-state index in [4.69, 9.17) is 0 Å². The molecule has 0 heterocycles. The summed E-state index contributed by atoms with van der Waals surface area (Å²) in [6, 6.07) is 14.3. The number of rotatable bonds is 7. The minimum Gasteiger partial charge on any atom is -0.355 e. The molecule has 26 heavy (non-hydrogen) atoms. The van der Waals surface area contributed by atoms with Crippen molar-refractivity contribution in [2.75, 3.05) is 26.0 Å². The smallest absolute Gasteiger partial charge is 0.279 e. The second-order valence-electron chi connectivity index (χ2n) is 6.24. The van der Waals surface area contributed by atoms with E-state index in [1.807, 2.05) is 19.2 Å². The van der Waals surface area contributed by atoms with Crippen LogP contribution in [0.3, 0.4) is 0 Å². The lowest BCUT2D eigenvalue weighted by Crippen LogP contribution is -3.08. The lowest BCUT2D eigenvalue weighted by Gasteiger charge is -2.15. The minimum atomic E-state index is -0.154. The summed E-state index contributed by atoms with van der Waals surface area (Å²) in [4.78, 5) is 36.4. The molecule has 0 aromatic heterocycles. The summed E-state index contributed by atoms with van der Waals surface area (Å²) in [6.07, 6.45) is 0. The molecule has 1 unspecified atom stereocenters. The highest BCUT2D eigenvalue weighted by atomic mass is 16.2. The Hall–Kier alpha value is -2.99. The first-order valence-electron chi connectivity index (χ1n) is 8.43. The molecule has 0 spiro atoms. The van der Waals surface area contributed by atoms with E-state index in [1.165, 1.54) is 6.92 Å². The molecule has 136 valence electrons. The summed E-state index contributed by atoms with van der Waals surface area (Å²) < 4.78 is 0. The monoisotopic (exact) mass is 354 g/mol. The molecule has 1 atom stereocenters. The molecule has 2 rings (SSSR count). The fourth-order valence-corrected chi connectivity index (χ4v) is 2.70. The highest BCUT2D eigenvalue weighted by Crippen LogP contribution is 2.15. The molecule has 0 aliphatic heterocycles. The van der Waals surface area contributed by atoms with Gasteiger partial charge in [0.25, 0.3) is 11.8 Å². The average molecular weight is 354 g/mol. The topological polar surface area (TPSA) is 79.7 Å². The van der Waals surface area contributed by atoms with Crippen molar-refractivity contribution < 1.29 is 19.3 Å². The number of para-hydroxylation sites is 1. The number of hydrogen-bond acceptors (Lipinski definition) is 3. The Labute approximate surface area is 153 Å². The molecule has 2 amide bonds. The van der Waals surface area contributed by atoms with Crippen molar-refractivity contribution in [1.29, 1.82) is 0 Å². The number of quaternary nitrogens is 1. The maximum atomic E-state index is 12.3. The summed E-state index contributed by atoms with van der Waals surface area (Å²) >= 11 is 0. The number of amides is 2. The first-order valence-corrected chi connectivity index (χ1v) is 8.43. The van der Waals surface area contributed by atoms with Crippen LogP contribution in [0, 0.1) is 0 Å². The van der Waals surface area contributed by atoms with Crippen LogP contribution in [-0.4, -0.2) is 38.2 Å². The lowest BCUT2D eigenvalue weighted by molar-refractivity contribution is -0.885. The number of nitrogens with one attached hydrogen (secondary N) is 3. The fraction of sp³-hybridized carbons (Fsp3) is 0.250. The van der Waals surface area contributed by atoms with E-state index in [1.54, 1.807) is 43.4 Å². The normalized spacial score (nSPS) is 11.5.